The zero-order chi connectivity index (χ0) is 18.4. The normalized spacial score (nSPS) is 11.8. The van der Waals surface area contributed by atoms with Gasteiger partial charge in [-0.05, 0) is 63.8 Å². The highest BCUT2D eigenvalue weighted by atomic mass is 79.9. The third kappa shape index (κ3) is 4.65. The highest BCUT2D eigenvalue weighted by molar-refractivity contribution is 9.10. The minimum atomic E-state index is -0.704. The van der Waals surface area contributed by atoms with E-state index < -0.39 is 6.10 Å². The van der Waals surface area contributed by atoms with Crippen molar-refractivity contribution in [2.24, 2.45) is 0 Å². The van der Waals surface area contributed by atoms with Crippen molar-refractivity contribution in [1.29, 1.82) is 0 Å². The van der Waals surface area contributed by atoms with Gasteiger partial charge in [0.1, 0.15) is 24.2 Å². The fraction of sp³-hybridized carbons (Fsp3) is 0.182. The number of rotatable bonds is 7. The average Bonchev–Trinajstić information content (AvgIpc) is 2.68. The van der Waals surface area contributed by atoms with Crippen LogP contribution < -0.4 is 9.47 Å². The van der Waals surface area contributed by atoms with Gasteiger partial charge >= 0.3 is 0 Å². The Morgan fingerprint density at radius 3 is 2.23 bits per heavy atom. The van der Waals surface area contributed by atoms with Crippen LogP contribution in [0, 0.1) is 0 Å². The van der Waals surface area contributed by atoms with Gasteiger partial charge in [0.15, 0.2) is 0 Å². The number of halogens is 1. The zero-order valence-corrected chi connectivity index (χ0v) is 16.1. The summed E-state index contributed by atoms with van der Waals surface area (Å²) in [6.07, 6.45) is -0.704. The van der Waals surface area contributed by atoms with Gasteiger partial charge in [0.05, 0.1) is 11.1 Å². The highest BCUT2D eigenvalue weighted by Gasteiger charge is 2.13. The lowest BCUT2D eigenvalue weighted by Gasteiger charge is -2.15. The van der Waals surface area contributed by atoms with Gasteiger partial charge in [0.25, 0.3) is 0 Å². The topological polar surface area (TPSA) is 38.7 Å². The third-order valence-corrected chi connectivity index (χ3v) is 4.64. The zero-order valence-electron chi connectivity index (χ0n) is 14.6. The van der Waals surface area contributed by atoms with E-state index in [0.29, 0.717) is 13.2 Å². The Labute approximate surface area is 162 Å². The highest BCUT2D eigenvalue weighted by Crippen LogP contribution is 2.31. The summed E-state index contributed by atoms with van der Waals surface area (Å²) < 4.78 is 12.1. The molecule has 0 heterocycles. The van der Waals surface area contributed by atoms with Crippen LogP contribution in [0.4, 0.5) is 0 Å². The molecule has 134 valence electrons. The van der Waals surface area contributed by atoms with E-state index in [0.717, 1.165) is 32.7 Å². The summed E-state index contributed by atoms with van der Waals surface area (Å²) in [5.41, 5.74) is 2.73. The number of aliphatic hydroxyl groups excluding tert-OH is 1. The summed E-state index contributed by atoms with van der Waals surface area (Å²) in [5, 5.41) is 10.6. The van der Waals surface area contributed by atoms with Gasteiger partial charge in [0, 0.05) is 0 Å². The van der Waals surface area contributed by atoms with Crippen LogP contribution in [0.2, 0.25) is 0 Å². The first kappa shape index (κ1) is 18.5. The lowest BCUT2D eigenvalue weighted by atomic mass is 10.0. The first-order valence-electron chi connectivity index (χ1n) is 8.54. The summed E-state index contributed by atoms with van der Waals surface area (Å²) >= 11 is 3.54. The van der Waals surface area contributed by atoms with Gasteiger partial charge in [-0.3, -0.25) is 0 Å². The van der Waals surface area contributed by atoms with Crippen LogP contribution in [0.5, 0.6) is 11.5 Å². The molecule has 1 N–H and O–H groups in total. The maximum Gasteiger partial charge on any atom is 0.134 e. The van der Waals surface area contributed by atoms with Crippen molar-refractivity contribution in [2.45, 2.75) is 19.6 Å². The van der Waals surface area contributed by atoms with Crippen molar-refractivity contribution in [3.05, 3.63) is 94.0 Å². The molecule has 3 aromatic carbocycles. The lowest BCUT2D eigenvalue weighted by Crippen LogP contribution is -2.01. The molecule has 0 aliphatic rings. The SMILES string of the molecule is CCOc1ccc(C(O)c2ccc(OCc3ccccc3)c(Br)c2)cc1. The van der Waals surface area contributed by atoms with Gasteiger partial charge in [-0.25, -0.2) is 0 Å². The Morgan fingerprint density at radius 2 is 1.58 bits per heavy atom. The van der Waals surface area contributed by atoms with Crippen molar-refractivity contribution >= 4 is 15.9 Å². The average molecular weight is 413 g/mol. The quantitative estimate of drug-likeness (QED) is 0.555. The Kier molecular flexibility index (Phi) is 6.31. The Bertz CT molecular complexity index is 832. The van der Waals surface area contributed by atoms with Gasteiger partial charge in [-0.2, -0.15) is 0 Å². The van der Waals surface area contributed by atoms with Crippen LogP contribution in [-0.4, -0.2) is 11.7 Å². The van der Waals surface area contributed by atoms with E-state index in [9.17, 15) is 5.11 Å². The van der Waals surface area contributed by atoms with Gasteiger partial charge in [0.2, 0.25) is 0 Å². The summed E-state index contributed by atoms with van der Waals surface area (Å²) in [5.74, 6) is 1.55. The van der Waals surface area contributed by atoms with Crippen LogP contribution in [0.3, 0.4) is 0 Å². The first-order valence-corrected chi connectivity index (χ1v) is 9.33. The van der Waals surface area contributed by atoms with E-state index in [-0.39, 0.29) is 0 Å². The van der Waals surface area contributed by atoms with Crippen molar-refractivity contribution in [3.8, 4) is 11.5 Å². The van der Waals surface area contributed by atoms with Crippen LogP contribution in [0.15, 0.2) is 77.3 Å². The standard InChI is InChI=1S/C22H21BrO3/c1-2-25-19-11-8-17(9-12-19)22(24)18-10-13-21(20(23)14-18)26-15-16-6-4-3-5-7-16/h3-14,22,24H,2,15H2,1H3. The molecule has 3 aromatic rings. The van der Waals surface area contributed by atoms with E-state index in [4.69, 9.17) is 9.47 Å². The summed E-state index contributed by atoms with van der Waals surface area (Å²) in [4.78, 5) is 0. The van der Waals surface area contributed by atoms with E-state index in [2.05, 4.69) is 15.9 Å². The second-order valence-electron chi connectivity index (χ2n) is 5.87. The second kappa shape index (κ2) is 8.88. The molecule has 0 spiro atoms. The predicted octanol–water partition coefficient (Wildman–Crippen LogP) is 5.51. The molecule has 1 atom stereocenters. The molecule has 0 fully saturated rings. The first-order chi connectivity index (χ1) is 12.7. The molecule has 0 bridgehead atoms. The monoisotopic (exact) mass is 412 g/mol. The number of hydrogen-bond donors (Lipinski definition) is 1. The minimum Gasteiger partial charge on any atom is -0.494 e. The summed E-state index contributed by atoms with van der Waals surface area (Å²) in [7, 11) is 0. The Morgan fingerprint density at radius 1 is 0.885 bits per heavy atom. The fourth-order valence-corrected chi connectivity index (χ4v) is 3.16. The largest absolute Gasteiger partial charge is 0.494 e. The van der Waals surface area contributed by atoms with E-state index in [1.807, 2.05) is 79.7 Å². The molecule has 1 unspecified atom stereocenters. The molecule has 0 aliphatic heterocycles. The molecular weight excluding hydrogens is 392 g/mol. The van der Waals surface area contributed by atoms with E-state index in [1.165, 1.54) is 0 Å². The van der Waals surface area contributed by atoms with Crippen LogP contribution in [0.1, 0.15) is 29.7 Å². The molecule has 0 saturated heterocycles. The minimum absolute atomic E-state index is 0.500. The molecule has 0 aromatic heterocycles. The molecular formula is C22H21BrO3. The Balaban J connectivity index is 1.69. The van der Waals surface area contributed by atoms with E-state index in [1.54, 1.807) is 0 Å². The molecule has 0 saturated carbocycles. The maximum atomic E-state index is 10.6. The molecule has 26 heavy (non-hydrogen) atoms. The number of hydrogen-bond acceptors (Lipinski definition) is 3. The van der Waals surface area contributed by atoms with E-state index >= 15 is 0 Å². The molecule has 3 nitrogen and oxygen atoms in total. The predicted molar refractivity (Wildman–Crippen MR) is 107 cm³/mol. The van der Waals surface area contributed by atoms with Crippen LogP contribution in [-0.2, 0) is 6.61 Å². The summed E-state index contributed by atoms with van der Waals surface area (Å²) in [6.45, 7) is 3.07. The fourth-order valence-electron chi connectivity index (χ4n) is 2.65. The van der Waals surface area contributed by atoms with Gasteiger partial charge < -0.3 is 14.6 Å². The van der Waals surface area contributed by atoms with Crippen molar-refractivity contribution in [1.82, 2.24) is 0 Å². The number of aliphatic hydroxyl groups is 1. The van der Waals surface area contributed by atoms with Gasteiger partial charge in [-0.1, -0.05) is 48.5 Å². The third-order valence-electron chi connectivity index (χ3n) is 4.02. The van der Waals surface area contributed by atoms with Crippen molar-refractivity contribution < 1.29 is 14.6 Å². The van der Waals surface area contributed by atoms with Crippen LogP contribution in [0.25, 0.3) is 0 Å². The number of ether oxygens (including phenoxy) is 2. The lowest BCUT2D eigenvalue weighted by molar-refractivity contribution is 0.219. The molecule has 4 heteroatoms. The molecule has 3 rings (SSSR count). The number of benzene rings is 3. The molecule has 0 aliphatic carbocycles. The van der Waals surface area contributed by atoms with Crippen LogP contribution >= 0.6 is 15.9 Å². The summed E-state index contributed by atoms with van der Waals surface area (Å²) in [6, 6.07) is 23.2. The second-order valence-corrected chi connectivity index (χ2v) is 6.72. The van der Waals surface area contributed by atoms with Crippen molar-refractivity contribution in [2.75, 3.05) is 6.61 Å². The van der Waals surface area contributed by atoms with Gasteiger partial charge in [-0.15, -0.1) is 0 Å². The van der Waals surface area contributed by atoms with Crippen molar-refractivity contribution in [3.63, 3.8) is 0 Å². The maximum absolute atomic E-state index is 10.6. The molecule has 0 amide bonds. The smallest absolute Gasteiger partial charge is 0.134 e. The Hall–Kier alpha value is -2.30. The molecule has 0 radical (unpaired) electrons.